The van der Waals surface area contributed by atoms with Gasteiger partial charge in [0, 0.05) is 26.1 Å². The van der Waals surface area contributed by atoms with Crippen molar-refractivity contribution in [1.29, 1.82) is 0 Å². The molecule has 1 heterocycles. The first-order valence-corrected chi connectivity index (χ1v) is 10.5. The molecule has 3 N–H and O–H groups in total. The molecule has 0 spiro atoms. The van der Waals surface area contributed by atoms with Crippen molar-refractivity contribution < 1.29 is 33.7 Å². The normalized spacial score (nSPS) is 13.1. The number of hydrogen-bond donors (Lipinski definition) is 2. The molecule has 2 amide bonds. The number of rotatable bonds is 7. The number of ether oxygens (including phenoxy) is 3. The predicted molar refractivity (Wildman–Crippen MR) is 117 cm³/mol. The van der Waals surface area contributed by atoms with Crippen LogP contribution in [0.2, 0.25) is 0 Å². The van der Waals surface area contributed by atoms with Gasteiger partial charge in [0.05, 0.1) is 25.3 Å². The Morgan fingerprint density at radius 3 is 2.42 bits per heavy atom. The molecule has 0 bridgehead atoms. The van der Waals surface area contributed by atoms with Crippen LogP contribution in [-0.2, 0) is 16.0 Å². The molecule has 0 aromatic heterocycles. The molecule has 31 heavy (non-hydrogen) atoms. The molecule has 10 nitrogen and oxygen atoms in total. The standard InChI is InChI=1S/C18H26N2O5S.C2H5NO2/c1-6-7-11-23-16(21)19(4)26-20(5)17(22)24-14-10-8-9-13-12-18(2,3)25-15(13)14;3-1-2(4)5/h8-10H,6-7,11-12H2,1-5H3;1,3H2,(H,4,5). The van der Waals surface area contributed by atoms with E-state index in [1.54, 1.807) is 6.07 Å². The van der Waals surface area contributed by atoms with E-state index < -0.39 is 18.2 Å². The Kier molecular flexibility index (Phi) is 10.4. The summed E-state index contributed by atoms with van der Waals surface area (Å²) in [5, 5.41) is 7.60. The van der Waals surface area contributed by atoms with Gasteiger partial charge in [-0.25, -0.2) is 18.2 Å². The number of carbonyl (C=O) groups is 3. The highest BCUT2D eigenvalue weighted by Crippen LogP contribution is 2.42. The summed E-state index contributed by atoms with van der Waals surface area (Å²) in [5.74, 6) is 0.000260. The Morgan fingerprint density at radius 1 is 1.23 bits per heavy atom. The molecule has 0 aliphatic carbocycles. The number of para-hydroxylation sites is 1. The minimum atomic E-state index is -0.968. The number of benzene rings is 1. The van der Waals surface area contributed by atoms with E-state index in [4.69, 9.17) is 19.3 Å². The van der Waals surface area contributed by atoms with Crippen LogP contribution in [0.4, 0.5) is 9.59 Å². The Bertz CT molecular complexity index is 773. The zero-order valence-corrected chi connectivity index (χ0v) is 19.4. The maximum atomic E-state index is 12.3. The third-order valence-electron chi connectivity index (χ3n) is 3.91. The zero-order chi connectivity index (χ0) is 23.6. The largest absolute Gasteiger partial charge is 0.483 e. The van der Waals surface area contributed by atoms with E-state index in [2.05, 4.69) is 5.73 Å². The van der Waals surface area contributed by atoms with Gasteiger partial charge in [0.2, 0.25) is 0 Å². The molecular formula is C20H31N3O7S. The monoisotopic (exact) mass is 457 g/mol. The van der Waals surface area contributed by atoms with Crippen molar-refractivity contribution in [2.45, 2.75) is 45.6 Å². The van der Waals surface area contributed by atoms with Crippen molar-refractivity contribution in [1.82, 2.24) is 8.61 Å². The minimum absolute atomic E-state index is 0.278. The van der Waals surface area contributed by atoms with Gasteiger partial charge in [-0.2, -0.15) is 0 Å². The fourth-order valence-corrected chi connectivity index (χ4v) is 3.06. The van der Waals surface area contributed by atoms with Crippen molar-refractivity contribution in [3.8, 4) is 11.5 Å². The van der Waals surface area contributed by atoms with Gasteiger partial charge in [-0.1, -0.05) is 25.5 Å². The zero-order valence-electron chi connectivity index (χ0n) is 18.5. The maximum Gasteiger partial charge on any atom is 0.426 e. The fourth-order valence-electron chi connectivity index (χ4n) is 2.47. The van der Waals surface area contributed by atoms with Crippen LogP contribution in [-0.4, -0.2) is 64.7 Å². The third kappa shape index (κ3) is 8.93. The molecule has 0 saturated heterocycles. The average Bonchev–Trinajstić information content (AvgIpc) is 3.03. The van der Waals surface area contributed by atoms with Gasteiger partial charge in [0.15, 0.2) is 11.5 Å². The summed E-state index contributed by atoms with van der Waals surface area (Å²) >= 11 is 0.903. The van der Waals surface area contributed by atoms with Crippen molar-refractivity contribution in [2.75, 3.05) is 27.2 Å². The molecule has 1 aliphatic rings. The van der Waals surface area contributed by atoms with E-state index in [1.165, 1.54) is 22.7 Å². The summed E-state index contributed by atoms with van der Waals surface area (Å²) in [6, 6.07) is 5.48. The molecular weight excluding hydrogens is 426 g/mol. The van der Waals surface area contributed by atoms with Gasteiger partial charge >= 0.3 is 18.2 Å². The van der Waals surface area contributed by atoms with Crippen LogP contribution in [0.1, 0.15) is 39.2 Å². The quantitative estimate of drug-likeness (QED) is 0.467. The first-order valence-electron chi connectivity index (χ1n) is 9.77. The molecule has 2 rings (SSSR count). The van der Waals surface area contributed by atoms with Crippen LogP contribution in [0.25, 0.3) is 0 Å². The summed E-state index contributed by atoms with van der Waals surface area (Å²) in [6.45, 7) is 6.07. The van der Waals surface area contributed by atoms with E-state index in [0.29, 0.717) is 18.1 Å². The van der Waals surface area contributed by atoms with E-state index in [0.717, 1.165) is 37.0 Å². The first-order chi connectivity index (χ1) is 14.5. The molecule has 1 aromatic carbocycles. The molecule has 174 valence electrons. The second kappa shape index (κ2) is 12.3. The van der Waals surface area contributed by atoms with Crippen molar-refractivity contribution in [3.63, 3.8) is 0 Å². The van der Waals surface area contributed by atoms with Crippen molar-refractivity contribution >= 4 is 30.3 Å². The van der Waals surface area contributed by atoms with Crippen LogP contribution in [0.15, 0.2) is 18.2 Å². The van der Waals surface area contributed by atoms with Gasteiger partial charge in [-0.3, -0.25) is 4.79 Å². The summed E-state index contributed by atoms with van der Waals surface area (Å²) in [5.41, 5.74) is 5.25. The number of unbranched alkanes of at least 4 members (excludes halogenated alkanes) is 1. The number of fused-ring (bicyclic) bond motifs is 1. The summed E-state index contributed by atoms with van der Waals surface area (Å²) in [4.78, 5) is 33.4. The van der Waals surface area contributed by atoms with Gasteiger partial charge in [0.1, 0.15) is 5.60 Å². The number of carboxylic acid groups (broad SMARTS) is 1. The maximum absolute atomic E-state index is 12.3. The van der Waals surface area contributed by atoms with Crippen molar-refractivity contribution in [2.24, 2.45) is 5.73 Å². The number of hydrogen-bond acceptors (Lipinski definition) is 8. The lowest BCUT2D eigenvalue weighted by Crippen LogP contribution is -2.31. The Labute approximate surface area is 186 Å². The fraction of sp³-hybridized carbons (Fsp3) is 0.550. The summed E-state index contributed by atoms with van der Waals surface area (Å²) in [6.07, 6.45) is 1.39. The van der Waals surface area contributed by atoms with E-state index in [-0.39, 0.29) is 12.1 Å². The lowest BCUT2D eigenvalue weighted by atomic mass is 10.0. The minimum Gasteiger partial charge on any atom is -0.483 e. The van der Waals surface area contributed by atoms with E-state index in [1.807, 2.05) is 32.9 Å². The van der Waals surface area contributed by atoms with Gasteiger partial charge in [-0.05, 0) is 26.3 Å². The third-order valence-corrected chi connectivity index (χ3v) is 4.70. The van der Waals surface area contributed by atoms with Gasteiger partial charge in [0.25, 0.3) is 0 Å². The van der Waals surface area contributed by atoms with Crippen molar-refractivity contribution in [3.05, 3.63) is 23.8 Å². The SMILES string of the molecule is CCCCOC(=O)N(C)SN(C)C(=O)Oc1cccc2c1OC(C)(C)C2.NCC(=O)O. The first kappa shape index (κ1) is 26.4. The van der Waals surface area contributed by atoms with Gasteiger partial charge < -0.3 is 25.1 Å². The van der Waals surface area contributed by atoms with Crippen LogP contribution < -0.4 is 15.2 Å². The Morgan fingerprint density at radius 2 is 1.84 bits per heavy atom. The highest BCUT2D eigenvalue weighted by molar-refractivity contribution is 7.95. The Balaban J connectivity index is 0.000000861. The lowest BCUT2D eigenvalue weighted by molar-refractivity contribution is -0.135. The number of carboxylic acids is 1. The second-order valence-corrected chi connectivity index (χ2v) is 8.55. The van der Waals surface area contributed by atoms with Crippen LogP contribution in [0.3, 0.4) is 0 Å². The number of carbonyl (C=O) groups excluding carboxylic acids is 2. The van der Waals surface area contributed by atoms with Crippen LogP contribution in [0, 0.1) is 0 Å². The molecule has 1 aromatic rings. The lowest BCUT2D eigenvalue weighted by Gasteiger charge is -2.22. The number of nitrogens with zero attached hydrogens (tertiary/aromatic N) is 2. The summed E-state index contributed by atoms with van der Waals surface area (Å²) < 4.78 is 18.9. The highest BCUT2D eigenvalue weighted by Gasteiger charge is 2.33. The highest BCUT2D eigenvalue weighted by atomic mass is 32.2. The smallest absolute Gasteiger partial charge is 0.426 e. The second-order valence-electron chi connectivity index (χ2n) is 7.29. The summed E-state index contributed by atoms with van der Waals surface area (Å²) in [7, 11) is 3.06. The number of nitrogens with two attached hydrogens (primary N) is 1. The van der Waals surface area contributed by atoms with E-state index >= 15 is 0 Å². The molecule has 11 heteroatoms. The van der Waals surface area contributed by atoms with Crippen LogP contribution >= 0.6 is 12.1 Å². The predicted octanol–water partition coefficient (Wildman–Crippen LogP) is 3.29. The number of aliphatic carboxylic acids is 1. The van der Waals surface area contributed by atoms with Gasteiger partial charge in [-0.15, -0.1) is 0 Å². The molecule has 0 atom stereocenters. The average molecular weight is 458 g/mol. The molecule has 0 fully saturated rings. The van der Waals surface area contributed by atoms with Crippen LogP contribution in [0.5, 0.6) is 11.5 Å². The molecule has 0 radical (unpaired) electrons. The molecule has 0 saturated carbocycles. The molecule has 0 unspecified atom stereocenters. The van der Waals surface area contributed by atoms with E-state index in [9.17, 15) is 14.4 Å². The Hall–Kier alpha value is -2.66. The molecule has 1 aliphatic heterocycles. The topological polar surface area (TPSA) is 132 Å². The number of amides is 2.